The van der Waals surface area contributed by atoms with Gasteiger partial charge in [0, 0.05) is 17.0 Å². The van der Waals surface area contributed by atoms with E-state index in [2.05, 4.69) is 62.3 Å². The average molecular weight is 274 g/mol. The zero-order valence-corrected chi connectivity index (χ0v) is 12.9. The maximum atomic E-state index is 4.32. The van der Waals surface area contributed by atoms with E-state index in [1.165, 1.54) is 16.0 Å². The van der Waals surface area contributed by atoms with Crippen LogP contribution in [0.5, 0.6) is 0 Å². The molecule has 1 N–H and O–H groups in total. The Morgan fingerprint density at radius 3 is 2.37 bits per heavy atom. The first-order valence-corrected chi connectivity index (χ1v) is 7.74. The highest BCUT2D eigenvalue weighted by Gasteiger charge is 2.14. The summed E-state index contributed by atoms with van der Waals surface area (Å²) in [6.07, 6.45) is 1.10. The van der Waals surface area contributed by atoms with Gasteiger partial charge in [-0.05, 0) is 38.3 Å². The molecule has 2 unspecified atom stereocenters. The molecule has 3 heteroatoms. The summed E-state index contributed by atoms with van der Waals surface area (Å²) in [5.74, 6) is 0. The fourth-order valence-electron chi connectivity index (χ4n) is 2.32. The molecule has 0 spiro atoms. The van der Waals surface area contributed by atoms with Gasteiger partial charge < -0.3 is 5.32 Å². The Morgan fingerprint density at radius 2 is 1.84 bits per heavy atom. The van der Waals surface area contributed by atoms with Crippen LogP contribution in [0.3, 0.4) is 0 Å². The summed E-state index contributed by atoms with van der Waals surface area (Å²) in [6, 6.07) is 9.58. The summed E-state index contributed by atoms with van der Waals surface area (Å²) in [7, 11) is 0. The van der Waals surface area contributed by atoms with E-state index in [-0.39, 0.29) is 0 Å². The molecular weight excluding hydrogens is 252 g/mol. The third-order valence-electron chi connectivity index (χ3n) is 3.56. The standard InChI is InChI=1S/C16H22N2S/c1-5-14-6-8-15(9-7-14)11(2)18-13(4)16-12(3)17-10-19-16/h6-11,13,18H,5H2,1-4H3. The maximum Gasteiger partial charge on any atom is 0.0798 e. The molecule has 0 bridgehead atoms. The number of aromatic nitrogens is 1. The number of benzene rings is 1. The second-order valence-corrected chi connectivity index (χ2v) is 5.89. The van der Waals surface area contributed by atoms with Gasteiger partial charge in [-0.15, -0.1) is 11.3 Å². The van der Waals surface area contributed by atoms with Gasteiger partial charge in [0.05, 0.1) is 11.2 Å². The quantitative estimate of drug-likeness (QED) is 0.872. The van der Waals surface area contributed by atoms with Crippen molar-refractivity contribution in [2.24, 2.45) is 0 Å². The number of thiazole rings is 1. The molecule has 0 amide bonds. The van der Waals surface area contributed by atoms with E-state index in [0.717, 1.165) is 12.1 Å². The third-order valence-corrected chi connectivity index (χ3v) is 4.68. The van der Waals surface area contributed by atoms with Crippen LogP contribution in [0.1, 0.15) is 54.6 Å². The number of hydrogen-bond donors (Lipinski definition) is 1. The Balaban J connectivity index is 2.04. The van der Waals surface area contributed by atoms with Crippen molar-refractivity contribution in [1.29, 1.82) is 0 Å². The van der Waals surface area contributed by atoms with Crippen LogP contribution in [0, 0.1) is 6.92 Å². The zero-order valence-electron chi connectivity index (χ0n) is 12.1. The molecule has 2 nitrogen and oxygen atoms in total. The largest absolute Gasteiger partial charge is 0.303 e. The van der Waals surface area contributed by atoms with Crippen molar-refractivity contribution in [3.63, 3.8) is 0 Å². The smallest absolute Gasteiger partial charge is 0.0798 e. The van der Waals surface area contributed by atoms with Crippen LogP contribution >= 0.6 is 11.3 Å². The molecule has 0 aliphatic heterocycles. The minimum Gasteiger partial charge on any atom is -0.303 e. The van der Waals surface area contributed by atoms with Crippen LogP contribution < -0.4 is 5.32 Å². The van der Waals surface area contributed by atoms with Gasteiger partial charge >= 0.3 is 0 Å². The Hall–Kier alpha value is -1.19. The second kappa shape index (κ2) is 6.31. The van der Waals surface area contributed by atoms with Crippen LogP contribution in [0.2, 0.25) is 0 Å². The molecule has 1 heterocycles. The Bertz CT molecular complexity index is 516. The van der Waals surface area contributed by atoms with Gasteiger partial charge in [0.25, 0.3) is 0 Å². The first kappa shape index (κ1) is 14.2. The second-order valence-electron chi connectivity index (χ2n) is 5.01. The molecule has 2 atom stereocenters. The summed E-state index contributed by atoms with van der Waals surface area (Å²) in [6.45, 7) is 8.68. The lowest BCUT2D eigenvalue weighted by Crippen LogP contribution is -2.22. The van der Waals surface area contributed by atoms with Crippen LogP contribution in [-0.4, -0.2) is 4.98 Å². The lowest BCUT2D eigenvalue weighted by molar-refractivity contribution is 0.498. The Labute approximate surface area is 119 Å². The van der Waals surface area contributed by atoms with E-state index in [0.29, 0.717) is 12.1 Å². The summed E-state index contributed by atoms with van der Waals surface area (Å²) in [5, 5.41) is 3.65. The Morgan fingerprint density at radius 1 is 1.16 bits per heavy atom. The predicted molar refractivity (Wildman–Crippen MR) is 82.6 cm³/mol. The van der Waals surface area contributed by atoms with Crippen molar-refractivity contribution >= 4 is 11.3 Å². The van der Waals surface area contributed by atoms with Crippen molar-refractivity contribution in [2.75, 3.05) is 0 Å². The lowest BCUT2D eigenvalue weighted by Gasteiger charge is -2.20. The van der Waals surface area contributed by atoms with E-state index in [1.807, 2.05) is 5.51 Å². The molecular formula is C16H22N2S. The summed E-state index contributed by atoms with van der Waals surface area (Å²) >= 11 is 1.73. The van der Waals surface area contributed by atoms with Crippen LogP contribution in [0.4, 0.5) is 0 Å². The molecule has 1 aromatic carbocycles. The molecule has 2 rings (SSSR count). The van der Waals surface area contributed by atoms with Crippen molar-refractivity contribution in [2.45, 2.75) is 46.2 Å². The van der Waals surface area contributed by atoms with E-state index < -0.39 is 0 Å². The van der Waals surface area contributed by atoms with E-state index in [1.54, 1.807) is 11.3 Å². The molecule has 0 saturated heterocycles. The number of rotatable bonds is 5. The van der Waals surface area contributed by atoms with E-state index in [4.69, 9.17) is 0 Å². The van der Waals surface area contributed by atoms with Crippen molar-refractivity contribution in [1.82, 2.24) is 10.3 Å². The lowest BCUT2D eigenvalue weighted by atomic mass is 10.0. The number of hydrogen-bond acceptors (Lipinski definition) is 3. The van der Waals surface area contributed by atoms with Gasteiger partial charge in [-0.25, -0.2) is 4.98 Å². The molecule has 0 radical (unpaired) electrons. The molecule has 0 aliphatic carbocycles. The monoisotopic (exact) mass is 274 g/mol. The Kier molecular flexibility index (Phi) is 4.72. The molecule has 1 aromatic heterocycles. The number of aryl methyl sites for hydroxylation is 2. The number of nitrogens with one attached hydrogen (secondary N) is 1. The van der Waals surface area contributed by atoms with Crippen LogP contribution in [0.25, 0.3) is 0 Å². The van der Waals surface area contributed by atoms with Crippen molar-refractivity contribution < 1.29 is 0 Å². The van der Waals surface area contributed by atoms with Gasteiger partial charge in [-0.1, -0.05) is 31.2 Å². The summed E-state index contributed by atoms with van der Waals surface area (Å²) < 4.78 is 0. The first-order chi connectivity index (χ1) is 9.11. The topological polar surface area (TPSA) is 24.9 Å². The van der Waals surface area contributed by atoms with Gasteiger partial charge in [0.2, 0.25) is 0 Å². The first-order valence-electron chi connectivity index (χ1n) is 6.86. The fraction of sp³-hybridized carbons (Fsp3) is 0.438. The zero-order chi connectivity index (χ0) is 13.8. The molecule has 0 fully saturated rings. The van der Waals surface area contributed by atoms with Crippen LogP contribution in [-0.2, 0) is 6.42 Å². The van der Waals surface area contributed by atoms with E-state index in [9.17, 15) is 0 Å². The third kappa shape index (κ3) is 3.43. The summed E-state index contributed by atoms with van der Waals surface area (Å²) in [5.41, 5.74) is 5.79. The highest BCUT2D eigenvalue weighted by atomic mass is 32.1. The predicted octanol–water partition coefficient (Wildman–Crippen LogP) is 4.43. The highest BCUT2D eigenvalue weighted by Crippen LogP contribution is 2.24. The molecule has 19 heavy (non-hydrogen) atoms. The van der Waals surface area contributed by atoms with Crippen molar-refractivity contribution in [3.05, 3.63) is 51.5 Å². The highest BCUT2D eigenvalue weighted by molar-refractivity contribution is 7.09. The average Bonchev–Trinajstić information content (AvgIpc) is 2.85. The van der Waals surface area contributed by atoms with E-state index >= 15 is 0 Å². The number of nitrogens with zero attached hydrogens (tertiary/aromatic N) is 1. The SMILES string of the molecule is CCc1ccc(C(C)NC(C)c2scnc2C)cc1. The minimum atomic E-state index is 0.341. The van der Waals surface area contributed by atoms with Crippen LogP contribution in [0.15, 0.2) is 29.8 Å². The fourth-order valence-corrected chi connectivity index (χ4v) is 3.14. The molecule has 0 aliphatic rings. The minimum absolute atomic E-state index is 0.341. The molecule has 102 valence electrons. The molecule has 2 aromatic rings. The summed E-state index contributed by atoms with van der Waals surface area (Å²) in [4.78, 5) is 5.65. The van der Waals surface area contributed by atoms with Gasteiger partial charge in [-0.2, -0.15) is 0 Å². The molecule has 0 saturated carbocycles. The van der Waals surface area contributed by atoms with Gasteiger partial charge in [0.1, 0.15) is 0 Å². The van der Waals surface area contributed by atoms with Gasteiger partial charge in [0.15, 0.2) is 0 Å². The van der Waals surface area contributed by atoms with Gasteiger partial charge in [-0.3, -0.25) is 0 Å². The normalized spacial score (nSPS) is 14.3. The van der Waals surface area contributed by atoms with Crippen molar-refractivity contribution in [3.8, 4) is 0 Å². The maximum absolute atomic E-state index is 4.32.